The number of rotatable bonds is 8. The molecule has 3 aromatic rings. The average Bonchev–Trinajstić information content (AvgIpc) is 2.90. The average molecular weight is 472 g/mol. The fourth-order valence-corrected chi connectivity index (χ4v) is 4.72. The molecule has 6 heteroatoms. The standard InChI is InChI=1S/C29H33N3O3/c1-21-10-6-7-13-25(21)27(28(33)31-23-11-4-3-5-12-23)32(29(34)26-14-8-9-19-30-26)20-22-15-17-24(35-2)18-16-22/h6-10,13-19,23,27H,3-5,11-12,20H2,1-2H3,(H,31,33). The lowest BCUT2D eigenvalue weighted by molar-refractivity contribution is -0.127. The van der Waals surface area contributed by atoms with Gasteiger partial charge >= 0.3 is 0 Å². The van der Waals surface area contributed by atoms with Crippen LogP contribution in [0.25, 0.3) is 0 Å². The smallest absolute Gasteiger partial charge is 0.273 e. The molecule has 0 aliphatic heterocycles. The normalized spacial score (nSPS) is 14.7. The van der Waals surface area contributed by atoms with Gasteiger partial charge in [0.1, 0.15) is 17.5 Å². The molecule has 182 valence electrons. The first-order valence-corrected chi connectivity index (χ1v) is 12.3. The van der Waals surface area contributed by atoms with Crippen molar-refractivity contribution in [3.63, 3.8) is 0 Å². The lowest BCUT2D eigenvalue weighted by Crippen LogP contribution is -2.47. The van der Waals surface area contributed by atoms with E-state index in [4.69, 9.17) is 4.74 Å². The summed E-state index contributed by atoms with van der Waals surface area (Å²) in [4.78, 5) is 33.7. The second kappa shape index (κ2) is 11.6. The second-order valence-electron chi connectivity index (χ2n) is 9.10. The van der Waals surface area contributed by atoms with Crippen molar-refractivity contribution in [1.82, 2.24) is 15.2 Å². The van der Waals surface area contributed by atoms with Gasteiger partial charge in [-0.15, -0.1) is 0 Å². The molecule has 2 amide bonds. The number of carbonyl (C=O) groups excluding carboxylic acids is 2. The number of pyridine rings is 1. The van der Waals surface area contributed by atoms with Gasteiger partial charge in [-0.05, 0) is 60.7 Å². The van der Waals surface area contributed by atoms with Crippen molar-refractivity contribution < 1.29 is 14.3 Å². The third-order valence-electron chi connectivity index (χ3n) is 6.65. The molecule has 1 heterocycles. The first kappa shape index (κ1) is 24.5. The van der Waals surface area contributed by atoms with Gasteiger partial charge in [0.25, 0.3) is 5.91 Å². The molecule has 0 bridgehead atoms. The van der Waals surface area contributed by atoms with E-state index in [9.17, 15) is 9.59 Å². The van der Waals surface area contributed by atoms with E-state index in [0.717, 1.165) is 48.1 Å². The number of methoxy groups -OCH3 is 1. The third-order valence-corrected chi connectivity index (χ3v) is 6.65. The van der Waals surface area contributed by atoms with Crippen LogP contribution >= 0.6 is 0 Å². The first-order chi connectivity index (χ1) is 17.1. The molecule has 0 spiro atoms. The molecule has 1 aliphatic rings. The highest BCUT2D eigenvalue weighted by atomic mass is 16.5. The van der Waals surface area contributed by atoms with E-state index in [0.29, 0.717) is 5.69 Å². The number of carbonyl (C=O) groups is 2. The van der Waals surface area contributed by atoms with E-state index in [-0.39, 0.29) is 24.4 Å². The van der Waals surface area contributed by atoms with Gasteiger partial charge in [-0.2, -0.15) is 0 Å². The van der Waals surface area contributed by atoms with Crippen LogP contribution in [0.15, 0.2) is 72.9 Å². The van der Waals surface area contributed by atoms with Crippen molar-refractivity contribution in [2.45, 2.75) is 57.7 Å². The summed E-state index contributed by atoms with van der Waals surface area (Å²) < 4.78 is 5.29. The van der Waals surface area contributed by atoms with Crippen LogP contribution in [0.4, 0.5) is 0 Å². The molecule has 35 heavy (non-hydrogen) atoms. The molecule has 6 nitrogen and oxygen atoms in total. The highest BCUT2D eigenvalue weighted by molar-refractivity contribution is 5.96. The van der Waals surface area contributed by atoms with Gasteiger partial charge in [-0.1, -0.05) is 61.7 Å². The minimum absolute atomic E-state index is 0.135. The lowest BCUT2D eigenvalue weighted by atomic mass is 9.93. The molecule has 1 unspecified atom stereocenters. The molecule has 4 rings (SSSR count). The minimum atomic E-state index is -0.783. The quantitative estimate of drug-likeness (QED) is 0.488. The lowest BCUT2D eigenvalue weighted by Gasteiger charge is -2.34. The Bertz CT molecular complexity index is 1130. The monoisotopic (exact) mass is 471 g/mol. The Labute approximate surface area is 207 Å². The van der Waals surface area contributed by atoms with E-state index in [1.165, 1.54) is 6.42 Å². The molecular weight excluding hydrogens is 438 g/mol. The number of hydrogen-bond acceptors (Lipinski definition) is 4. The van der Waals surface area contributed by atoms with Gasteiger partial charge in [0.05, 0.1) is 7.11 Å². The van der Waals surface area contributed by atoms with Crippen LogP contribution in [-0.2, 0) is 11.3 Å². The Hall–Kier alpha value is -3.67. The molecule has 0 radical (unpaired) electrons. The third kappa shape index (κ3) is 6.07. The zero-order valence-corrected chi connectivity index (χ0v) is 20.4. The highest BCUT2D eigenvalue weighted by Gasteiger charge is 2.34. The Morgan fingerprint density at radius 3 is 2.37 bits per heavy atom. The van der Waals surface area contributed by atoms with Gasteiger partial charge < -0.3 is 15.0 Å². The van der Waals surface area contributed by atoms with E-state index < -0.39 is 6.04 Å². The maximum absolute atomic E-state index is 13.9. The maximum atomic E-state index is 13.9. The van der Waals surface area contributed by atoms with E-state index in [1.807, 2.05) is 55.5 Å². The highest BCUT2D eigenvalue weighted by Crippen LogP contribution is 2.29. The summed E-state index contributed by atoms with van der Waals surface area (Å²) in [6.45, 7) is 2.24. The fourth-order valence-electron chi connectivity index (χ4n) is 4.72. The molecule has 2 aromatic carbocycles. The number of nitrogens with one attached hydrogen (secondary N) is 1. The van der Waals surface area contributed by atoms with E-state index in [2.05, 4.69) is 10.3 Å². The van der Waals surface area contributed by atoms with Crippen LogP contribution in [-0.4, -0.2) is 34.8 Å². The topological polar surface area (TPSA) is 71.5 Å². The summed E-state index contributed by atoms with van der Waals surface area (Å²) in [6.07, 6.45) is 6.97. The van der Waals surface area contributed by atoms with Crippen molar-refractivity contribution in [2.24, 2.45) is 0 Å². The van der Waals surface area contributed by atoms with Gasteiger partial charge in [0.15, 0.2) is 0 Å². The van der Waals surface area contributed by atoms with Crippen LogP contribution in [0, 0.1) is 6.92 Å². The molecule has 1 atom stereocenters. The van der Waals surface area contributed by atoms with Gasteiger partial charge in [-0.3, -0.25) is 14.6 Å². The zero-order chi connectivity index (χ0) is 24.6. The van der Waals surface area contributed by atoms with Crippen LogP contribution in [0.3, 0.4) is 0 Å². The van der Waals surface area contributed by atoms with E-state index >= 15 is 0 Å². The number of hydrogen-bond donors (Lipinski definition) is 1. The van der Waals surface area contributed by atoms with Crippen molar-refractivity contribution in [3.8, 4) is 5.75 Å². The minimum Gasteiger partial charge on any atom is -0.497 e. The summed E-state index contributed by atoms with van der Waals surface area (Å²) in [5.74, 6) is 0.305. The predicted octanol–water partition coefficient (Wildman–Crippen LogP) is 5.23. The first-order valence-electron chi connectivity index (χ1n) is 12.3. The number of ether oxygens (including phenoxy) is 1. The number of nitrogens with zero attached hydrogens (tertiary/aromatic N) is 2. The predicted molar refractivity (Wildman–Crippen MR) is 136 cm³/mol. The van der Waals surface area contributed by atoms with E-state index in [1.54, 1.807) is 36.4 Å². The van der Waals surface area contributed by atoms with Crippen LogP contribution in [0.5, 0.6) is 5.75 Å². The SMILES string of the molecule is COc1ccc(CN(C(=O)c2ccccn2)C(C(=O)NC2CCCCC2)c2ccccc2C)cc1. The Morgan fingerprint density at radius 2 is 1.71 bits per heavy atom. The number of aromatic nitrogens is 1. The van der Waals surface area contributed by atoms with Gasteiger partial charge in [-0.25, -0.2) is 0 Å². The van der Waals surface area contributed by atoms with Crippen LogP contribution < -0.4 is 10.1 Å². The van der Waals surface area contributed by atoms with Crippen molar-refractivity contribution >= 4 is 11.8 Å². The molecule has 1 aromatic heterocycles. The Morgan fingerprint density at radius 1 is 1.00 bits per heavy atom. The molecule has 0 saturated heterocycles. The van der Waals surface area contributed by atoms with Crippen molar-refractivity contribution in [1.29, 1.82) is 0 Å². The second-order valence-corrected chi connectivity index (χ2v) is 9.10. The van der Waals surface area contributed by atoms with Crippen LogP contribution in [0.1, 0.15) is 65.3 Å². The zero-order valence-electron chi connectivity index (χ0n) is 20.4. The summed E-state index contributed by atoms with van der Waals surface area (Å²) in [7, 11) is 1.62. The van der Waals surface area contributed by atoms with Crippen LogP contribution in [0.2, 0.25) is 0 Å². The van der Waals surface area contributed by atoms with Crippen molar-refractivity contribution in [3.05, 3.63) is 95.3 Å². The fraction of sp³-hybridized carbons (Fsp3) is 0.345. The largest absolute Gasteiger partial charge is 0.497 e. The summed E-state index contributed by atoms with van der Waals surface area (Å²) in [5.41, 5.74) is 2.99. The Balaban J connectivity index is 1.74. The summed E-state index contributed by atoms with van der Waals surface area (Å²) in [5, 5.41) is 3.26. The molecule has 1 saturated carbocycles. The van der Waals surface area contributed by atoms with Gasteiger partial charge in [0, 0.05) is 18.8 Å². The maximum Gasteiger partial charge on any atom is 0.273 e. The molecular formula is C29H33N3O3. The summed E-state index contributed by atoms with van der Waals surface area (Å²) >= 11 is 0. The van der Waals surface area contributed by atoms with Gasteiger partial charge in [0.2, 0.25) is 5.91 Å². The molecule has 1 aliphatic carbocycles. The molecule has 1 N–H and O–H groups in total. The number of amides is 2. The summed E-state index contributed by atoms with van der Waals surface area (Å²) in [6, 6.07) is 20.0. The Kier molecular flexibility index (Phi) is 8.14. The molecule has 1 fully saturated rings. The van der Waals surface area contributed by atoms with Crippen molar-refractivity contribution in [2.75, 3.05) is 7.11 Å². The number of benzene rings is 2. The number of aryl methyl sites for hydroxylation is 1.